The molecule has 0 amide bonds. The predicted molar refractivity (Wildman–Crippen MR) is 74.1 cm³/mol. The van der Waals surface area contributed by atoms with E-state index in [2.05, 4.69) is 0 Å². The second-order valence-electron chi connectivity index (χ2n) is 4.24. The zero-order valence-electron chi connectivity index (χ0n) is 12.1. The Labute approximate surface area is 118 Å². The Morgan fingerprint density at radius 1 is 1.00 bits per heavy atom. The lowest BCUT2D eigenvalue weighted by molar-refractivity contribution is -0.144. The van der Waals surface area contributed by atoms with Gasteiger partial charge in [-0.1, -0.05) is 0 Å². The van der Waals surface area contributed by atoms with Gasteiger partial charge in [0.05, 0.1) is 27.2 Å². The van der Waals surface area contributed by atoms with Crippen molar-refractivity contribution in [1.29, 1.82) is 0 Å². The van der Waals surface area contributed by atoms with Gasteiger partial charge in [0.15, 0.2) is 0 Å². The molecular weight excluding hydrogens is 260 g/mol. The highest BCUT2D eigenvalue weighted by Crippen LogP contribution is 2.23. The third kappa shape index (κ3) is 5.30. The number of rotatable bonds is 8. The maximum absolute atomic E-state index is 11.8. The van der Waals surface area contributed by atoms with Crippen LogP contribution in [0.15, 0.2) is 18.2 Å². The van der Waals surface area contributed by atoms with Crippen molar-refractivity contribution >= 4 is 11.8 Å². The van der Waals surface area contributed by atoms with Gasteiger partial charge in [-0.05, 0) is 24.6 Å². The van der Waals surface area contributed by atoms with Crippen molar-refractivity contribution in [3.63, 3.8) is 0 Å². The first-order valence-corrected chi connectivity index (χ1v) is 6.48. The first-order valence-electron chi connectivity index (χ1n) is 6.48. The maximum Gasteiger partial charge on any atom is 0.306 e. The molecule has 0 radical (unpaired) electrons. The topological polar surface area (TPSA) is 61.8 Å². The minimum Gasteiger partial charge on any atom is -0.497 e. The molecule has 0 N–H and O–H groups in total. The monoisotopic (exact) mass is 280 g/mol. The number of ketones is 1. The Morgan fingerprint density at radius 2 is 1.60 bits per heavy atom. The van der Waals surface area contributed by atoms with Crippen molar-refractivity contribution in [1.82, 2.24) is 0 Å². The minimum atomic E-state index is -0.343. The molecule has 1 aromatic carbocycles. The molecule has 0 spiro atoms. The van der Waals surface area contributed by atoms with Gasteiger partial charge in [-0.25, -0.2) is 0 Å². The van der Waals surface area contributed by atoms with E-state index in [1.54, 1.807) is 39.3 Å². The Morgan fingerprint density at radius 3 is 2.10 bits per heavy atom. The lowest BCUT2D eigenvalue weighted by Gasteiger charge is -2.08. The van der Waals surface area contributed by atoms with Gasteiger partial charge in [-0.15, -0.1) is 0 Å². The number of carbonyl (C=O) groups is 2. The Balaban J connectivity index is 2.59. The van der Waals surface area contributed by atoms with Gasteiger partial charge in [-0.2, -0.15) is 0 Å². The summed E-state index contributed by atoms with van der Waals surface area (Å²) in [6.07, 6.45) is 0.541. The third-order valence-electron chi connectivity index (χ3n) is 2.73. The minimum absolute atomic E-state index is 0.0200. The molecule has 1 aromatic rings. The molecule has 0 aliphatic rings. The molecule has 5 heteroatoms. The van der Waals surface area contributed by atoms with E-state index in [4.69, 9.17) is 14.2 Å². The summed E-state index contributed by atoms with van der Waals surface area (Å²) in [5.74, 6) is 0.910. The van der Waals surface area contributed by atoms with E-state index in [9.17, 15) is 9.59 Å². The molecule has 0 aromatic heterocycles. The Hall–Kier alpha value is -2.04. The number of benzene rings is 1. The first-order chi connectivity index (χ1) is 9.58. The van der Waals surface area contributed by atoms with Gasteiger partial charge in [0, 0.05) is 18.9 Å². The molecule has 0 bridgehead atoms. The average Bonchev–Trinajstić information content (AvgIpc) is 2.45. The lowest BCUT2D eigenvalue weighted by atomic mass is 10.1. The molecule has 1 rings (SSSR count). The zero-order valence-corrected chi connectivity index (χ0v) is 12.1. The van der Waals surface area contributed by atoms with Gasteiger partial charge < -0.3 is 14.2 Å². The van der Waals surface area contributed by atoms with E-state index in [-0.39, 0.29) is 31.0 Å². The third-order valence-corrected chi connectivity index (χ3v) is 2.73. The van der Waals surface area contributed by atoms with Crippen molar-refractivity contribution in [3.05, 3.63) is 23.8 Å². The molecule has 0 saturated heterocycles. The normalized spacial score (nSPS) is 9.95. The smallest absolute Gasteiger partial charge is 0.306 e. The molecule has 0 saturated carbocycles. The largest absolute Gasteiger partial charge is 0.497 e. The van der Waals surface area contributed by atoms with Gasteiger partial charge in [-0.3, -0.25) is 9.59 Å². The number of hydrogen-bond acceptors (Lipinski definition) is 5. The van der Waals surface area contributed by atoms with E-state index >= 15 is 0 Å². The molecule has 5 nitrogen and oxygen atoms in total. The standard InChI is InChI=1S/C15H20O5/c1-4-20-15(17)6-5-12(16)7-11-8-13(18-2)10-14(9-11)19-3/h8-10H,4-7H2,1-3H3. The average molecular weight is 280 g/mol. The van der Waals surface area contributed by atoms with Crippen LogP contribution >= 0.6 is 0 Å². The molecule has 0 aliphatic carbocycles. The number of ether oxygens (including phenoxy) is 3. The van der Waals surface area contributed by atoms with E-state index in [0.29, 0.717) is 18.1 Å². The highest BCUT2D eigenvalue weighted by molar-refractivity contribution is 5.84. The van der Waals surface area contributed by atoms with Crippen LogP contribution in [0.1, 0.15) is 25.3 Å². The van der Waals surface area contributed by atoms with Gasteiger partial charge in [0.1, 0.15) is 17.3 Å². The second-order valence-corrected chi connectivity index (χ2v) is 4.24. The summed E-state index contributed by atoms with van der Waals surface area (Å²) in [6, 6.07) is 5.31. The second kappa shape index (κ2) is 8.19. The van der Waals surface area contributed by atoms with Crippen molar-refractivity contribution < 1.29 is 23.8 Å². The lowest BCUT2D eigenvalue weighted by Crippen LogP contribution is -2.09. The predicted octanol–water partition coefficient (Wildman–Crippen LogP) is 2.16. The van der Waals surface area contributed by atoms with E-state index in [1.807, 2.05) is 0 Å². The van der Waals surface area contributed by atoms with E-state index < -0.39 is 0 Å². The van der Waals surface area contributed by atoms with Crippen LogP contribution < -0.4 is 9.47 Å². The van der Waals surface area contributed by atoms with Crippen LogP contribution in [0.2, 0.25) is 0 Å². The summed E-state index contributed by atoms with van der Waals surface area (Å²) in [5.41, 5.74) is 0.801. The SMILES string of the molecule is CCOC(=O)CCC(=O)Cc1cc(OC)cc(OC)c1. The van der Waals surface area contributed by atoms with Crippen LogP contribution in [-0.4, -0.2) is 32.6 Å². The quantitative estimate of drug-likeness (QED) is 0.683. The fourth-order valence-corrected chi connectivity index (χ4v) is 1.76. The molecular formula is C15H20O5. The van der Waals surface area contributed by atoms with Crippen molar-refractivity contribution in [3.8, 4) is 11.5 Å². The number of hydrogen-bond donors (Lipinski definition) is 0. The highest BCUT2D eigenvalue weighted by atomic mass is 16.5. The van der Waals surface area contributed by atoms with Crippen LogP contribution in [0.25, 0.3) is 0 Å². The molecule has 0 atom stereocenters. The fraction of sp³-hybridized carbons (Fsp3) is 0.467. The van der Waals surface area contributed by atoms with Gasteiger partial charge >= 0.3 is 5.97 Å². The zero-order chi connectivity index (χ0) is 15.0. The number of esters is 1. The molecule has 0 unspecified atom stereocenters. The molecule has 20 heavy (non-hydrogen) atoms. The summed E-state index contributed by atoms with van der Waals surface area (Å²) in [7, 11) is 3.11. The maximum atomic E-state index is 11.8. The Bertz CT molecular complexity index is 445. The molecule has 0 aliphatic heterocycles. The summed E-state index contributed by atoms with van der Waals surface area (Å²) >= 11 is 0. The highest BCUT2D eigenvalue weighted by Gasteiger charge is 2.10. The summed E-state index contributed by atoms with van der Waals surface area (Å²) in [6.45, 7) is 2.07. The van der Waals surface area contributed by atoms with Crippen LogP contribution in [0.4, 0.5) is 0 Å². The summed E-state index contributed by atoms with van der Waals surface area (Å²) < 4.78 is 15.1. The van der Waals surface area contributed by atoms with Crippen molar-refractivity contribution in [2.45, 2.75) is 26.2 Å². The summed E-state index contributed by atoms with van der Waals surface area (Å²) in [4.78, 5) is 23.0. The number of carbonyl (C=O) groups excluding carboxylic acids is 2. The molecule has 0 heterocycles. The molecule has 0 fully saturated rings. The van der Waals surface area contributed by atoms with Gasteiger partial charge in [0.25, 0.3) is 0 Å². The van der Waals surface area contributed by atoms with Crippen LogP contribution in [0.5, 0.6) is 11.5 Å². The first kappa shape index (κ1) is 16.0. The van der Waals surface area contributed by atoms with Gasteiger partial charge in [0.2, 0.25) is 0 Å². The van der Waals surface area contributed by atoms with E-state index in [0.717, 1.165) is 5.56 Å². The number of methoxy groups -OCH3 is 2. The van der Waals surface area contributed by atoms with Crippen LogP contribution in [0.3, 0.4) is 0 Å². The van der Waals surface area contributed by atoms with E-state index in [1.165, 1.54) is 0 Å². The molecule has 110 valence electrons. The number of Topliss-reactive ketones (excluding diaryl/α,β-unsaturated/α-hetero) is 1. The summed E-state index contributed by atoms with van der Waals surface area (Å²) in [5, 5.41) is 0. The fourth-order valence-electron chi connectivity index (χ4n) is 1.76. The van der Waals surface area contributed by atoms with Crippen LogP contribution in [-0.2, 0) is 20.7 Å². The van der Waals surface area contributed by atoms with Crippen molar-refractivity contribution in [2.24, 2.45) is 0 Å². The van der Waals surface area contributed by atoms with Crippen molar-refractivity contribution in [2.75, 3.05) is 20.8 Å². The van der Waals surface area contributed by atoms with Crippen LogP contribution in [0, 0.1) is 0 Å². The Kier molecular flexibility index (Phi) is 6.56.